The van der Waals surface area contributed by atoms with Crippen LogP contribution < -0.4 is 11.3 Å². The summed E-state index contributed by atoms with van der Waals surface area (Å²) in [4.78, 5) is 30.3. The third kappa shape index (κ3) is 2.62. The van der Waals surface area contributed by atoms with E-state index < -0.39 is 29.0 Å². The van der Waals surface area contributed by atoms with Crippen molar-refractivity contribution in [2.45, 2.75) is 45.1 Å². The number of hydrogen-bond donors (Lipinski definition) is 3. The van der Waals surface area contributed by atoms with Crippen molar-refractivity contribution in [2.75, 3.05) is 6.61 Å². The van der Waals surface area contributed by atoms with Gasteiger partial charge in [0.2, 0.25) is 0 Å². The fourth-order valence-corrected chi connectivity index (χ4v) is 4.75. The molecule has 0 aliphatic carbocycles. The minimum Gasteiger partial charge on any atom is -0.458 e. The van der Waals surface area contributed by atoms with Gasteiger partial charge in [0, 0.05) is 22.6 Å². The van der Waals surface area contributed by atoms with Gasteiger partial charge in [0.05, 0.1) is 41.7 Å². The number of aromatic nitrogens is 2. The van der Waals surface area contributed by atoms with E-state index in [0.29, 0.717) is 39.0 Å². The topological polar surface area (TPSA) is 128 Å². The predicted molar refractivity (Wildman–Crippen MR) is 113 cm³/mol. The number of carbonyl (C=O) groups is 1. The molecular formula is C23H22FN3O5. The molecule has 9 heteroatoms. The molecule has 3 aromatic rings. The van der Waals surface area contributed by atoms with Crippen LogP contribution >= 0.6 is 0 Å². The molecule has 0 saturated carbocycles. The maximum atomic E-state index is 14.3. The second-order valence-electron chi connectivity index (χ2n) is 8.36. The van der Waals surface area contributed by atoms with Crippen molar-refractivity contribution in [2.24, 2.45) is 5.73 Å². The van der Waals surface area contributed by atoms with Gasteiger partial charge in [-0.3, -0.25) is 4.79 Å². The average molecular weight is 439 g/mol. The highest BCUT2D eigenvalue weighted by Crippen LogP contribution is 2.41. The third-order valence-corrected chi connectivity index (χ3v) is 6.58. The van der Waals surface area contributed by atoms with E-state index in [0.717, 1.165) is 0 Å². The summed E-state index contributed by atoms with van der Waals surface area (Å²) < 4.78 is 20.9. The quantitative estimate of drug-likeness (QED) is 0.413. The number of hydrogen-bond acceptors (Lipinski definition) is 7. The highest BCUT2D eigenvalue weighted by molar-refractivity contribution is 5.90. The van der Waals surface area contributed by atoms with Gasteiger partial charge in [-0.2, -0.15) is 0 Å². The standard InChI is InChI=1S/C23H22FN3O5/c1-3-23(31)14-5-18-20-12(7-27(18)21(29)13(14)9-32-22(23)30)19(16(25)8-28)11-4-10(2)15(24)6-17(11)26-20/h4-6,16,28,31H,3,7-9,25H2,1-2H3/t16-,23+/m1/s1. The Bertz CT molecular complexity index is 1380. The lowest BCUT2D eigenvalue weighted by atomic mass is 9.86. The Hall–Kier alpha value is -3.14. The van der Waals surface area contributed by atoms with Crippen LogP contribution in [0.1, 0.15) is 47.2 Å². The maximum Gasteiger partial charge on any atom is 0.343 e. The van der Waals surface area contributed by atoms with Gasteiger partial charge in [0.25, 0.3) is 5.56 Å². The number of carbonyl (C=O) groups excluding carboxylic acids is 1. The first kappa shape index (κ1) is 20.7. The number of aliphatic hydroxyl groups is 2. The van der Waals surface area contributed by atoms with E-state index in [1.54, 1.807) is 26.0 Å². The smallest absolute Gasteiger partial charge is 0.343 e. The van der Waals surface area contributed by atoms with Crippen LogP contribution in [0.25, 0.3) is 22.3 Å². The zero-order valence-electron chi connectivity index (χ0n) is 17.6. The molecule has 4 heterocycles. The van der Waals surface area contributed by atoms with Crippen molar-refractivity contribution in [3.05, 3.63) is 62.2 Å². The van der Waals surface area contributed by atoms with E-state index in [2.05, 4.69) is 4.98 Å². The molecule has 166 valence electrons. The van der Waals surface area contributed by atoms with Crippen molar-refractivity contribution in [3.63, 3.8) is 0 Å². The summed E-state index contributed by atoms with van der Waals surface area (Å²) in [7, 11) is 0. The van der Waals surface area contributed by atoms with Crippen molar-refractivity contribution in [3.8, 4) is 11.4 Å². The molecule has 0 bridgehead atoms. The number of ether oxygens (including phenoxy) is 1. The number of nitrogens with zero attached hydrogens (tertiary/aromatic N) is 2. The third-order valence-electron chi connectivity index (χ3n) is 6.58. The Balaban J connectivity index is 1.86. The van der Waals surface area contributed by atoms with Crippen molar-refractivity contribution < 1.29 is 24.1 Å². The number of benzene rings is 1. The molecule has 0 spiro atoms. The normalized spacial score (nSPS) is 20.0. The number of nitrogens with two attached hydrogens (primary N) is 1. The molecule has 0 saturated heterocycles. The molecular weight excluding hydrogens is 417 g/mol. The van der Waals surface area contributed by atoms with Gasteiger partial charge in [-0.25, -0.2) is 14.2 Å². The lowest BCUT2D eigenvalue weighted by Crippen LogP contribution is -2.44. The molecule has 0 fully saturated rings. The van der Waals surface area contributed by atoms with Gasteiger partial charge in [0.15, 0.2) is 5.60 Å². The van der Waals surface area contributed by atoms with Crippen LogP contribution in [0.5, 0.6) is 0 Å². The number of pyridine rings is 2. The van der Waals surface area contributed by atoms with Crippen LogP contribution in [0.3, 0.4) is 0 Å². The van der Waals surface area contributed by atoms with Crippen LogP contribution in [0.15, 0.2) is 23.0 Å². The summed E-state index contributed by atoms with van der Waals surface area (Å²) in [6.45, 7) is 2.84. The summed E-state index contributed by atoms with van der Waals surface area (Å²) in [5.74, 6) is -1.24. The first-order chi connectivity index (χ1) is 15.2. The molecule has 2 aromatic heterocycles. The maximum absolute atomic E-state index is 14.3. The van der Waals surface area contributed by atoms with Gasteiger partial charge in [-0.05, 0) is 36.6 Å². The second kappa shape index (κ2) is 6.93. The molecule has 1 aromatic carbocycles. The molecule has 0 radical (unpaired) electrons. The fourth-order valence-electron chi connectivity index (χ4n) is 4.75. The molecule has 5 rings (SSSR count). The number of aliphatic hydroxyl groups excluding tert-OH is 1. The number of aryl methyl sites for hydroxylation is 1. The van der Waals surface area contributed by atoms with Gasteiger partial charge in [0.1, 0.15) is 12.4 Å². The van der Waals surface area contributed by atoms with Gasteiger partial charge in [-0.15, -0.1) is 0 Å². The van der Waals surface area contributed by atoms with Crippen molar-refractivity contribution >= 4 is 16.9 Å². The Morgan fingerprint density at radius 2 is 2.06 bits per heavy atom. The largest absolute Gasteiger partial charge is 0.458 e. The average Bonchev–Trinajstić information content (AvgIpc) is 3.14. The summed E-state index contributed by atoms with van der Waals surface area (Å²) in [5.41, 5.74) is 7.13. The highest BCUT2D eigenvalue weighted by atomic mass is 19.1. The Morgan fingerprint density at radius 1 is 1.31 bits per heavy atom. The molecule has 2 aliphatic rings. The Labute approximate surface area is 182 Å². The summed E-state index contributed by atoms with van der Waals surface area (Å²) in [5, 5.41) is 21.4. The summed E-state index contributed by atoms with van der Waals surface area (Å²) in [6.07, 6.45) is 0.0326. The fraction of sp³-hybridized carbons (Fsp3) is 0.348. The number of rotatable bonds is 3. The number of cyclic esters (lactones) is 1. The first-order valence-electron chi connectivity index (χ1n) is 10.4. The molecule has 0 unspecified atom stereocenters. The van der Waals surface area contributed by atoms with Gasteiger partial charge < -0.3 is 25.3 Å². The summed E-state index contributed by atoms with van der Waals surface area (Å²) in [6, 6.07) is 3.76. The van der Waals surface area contributed by atoms with Crippen LogP contribution in [-0.2, 0) is 28.3 Å². The van der Waals surface area contributed by atoms with Crippen LogP contribution in [0.2, 0.25) is 0 Å². The van der Waals surface area contributed by atoms with E-state index in [1.807, 2.05) is 0 Å². The number of fused-ring (bicyclic) bond motifs is 5. The zero-order valence-corrected chi connectivity index (χ0v) is 17.6. The van der Waals surface area contributed by atoms with E-state index in [1.165, 1.54) is 10.6 Å². The monoisotopic (exact) mass is 439 g/mol. The SMILES string of the molecule is CC[C@@]1(O)C(=O)OCc2c1cc1n(c2=O)Cc2c-1nc1cc(F)c(C)cc1c2[C@H](N)CO. The highest BCUT2D eigenvalue weighted by Gasteiger charge is 2.45. The van der Waals surface area contributed by atoms with Gasteiger partial charge in [-0.1, -0.05) is 6.92 Å². The van der Waals surface area contributed by atoms with Crippen molar-refractivity contribution in [1.29, 1.82) is 0 Å². The number of esters is 1. The van der Waals surface area contributed by atoms with Crippen molar-refractivity contribution in [1.82, 2.24) is 9.55 Å². The Kier molecular flexibility index (Phi) is 4.49. The molecule has 32 heavy (non-hydrogen) atoms. The van der Waals surface area contributed by atoms with Crippen LogP contribution in [-0.4, -0.2) is 32.3 Å². The molecule has 2 aliphatic heterocycles. The lowest BCUT2D eigenvalue weighted by molar-refractivity contribution is -0.172. The number of halogens is 1. The molecule has 0 amide bonds. The molecule has 4 N–H and O–H groups in total. The molecule has 2 atom stereocenters. The Morgan fingerprint density at radius 3 is 2.75 bits per heavy atom. The minimum absolute atomic E-state index is 0.0326. The first-order valence-corrected chi connectivity index (χ1v) is 10.4. The van der Waals surface area contributed by atoms with E-state index in [4.69, 9.17) is 10.5 Å². The van der Waals surface area contributed by atoms with E-state index >= 15 is 0 Å². The summed E-state index contributed by atoms with van der Waals surface area (Å²) >= 11 is 0. The van der Waals surface area contributed by atoms with Gasteiger partial charge >= 0.3 is 5.97 Å². The minimum atomic E-state index is -1.94. The van der Waals surface area contributed by atoms with Crippen LogP contribution in [0.4, 0.5) is 4.39 Å². The zero-order chi connectivity index (χ0) is 22.9. The predicted octanol–water partition coefficient (Wildman–Crippen LogP) is 1.52. The van der Waals surface area contributed by atoms with E-state index in [9.17, 15) is 24.2 Å². The second-order valence-corrected chi connectivity index (χ2v) is 8.36. The molecule has 8 nitrogen and oxygen atoms in total. The van der Waals surface area contributed by atoms with Crippen LogP contribution in [0, 0.1) is 12.7 Å². The lowest BCUT2D eigenvalue weighted by Gasteiger charge is -2.31. The van der Waals surface area contributed by atoms with E-state index in [-0.39, 0.29) is 37.3 Å².